The lowest BCUT2D eigenvalue weighted by Gasteiger charge is -2.23. The van der Waals surface area contributed by atoms with Gasteiger partial charge in [-0.25, -0.2) is 4.79 Å². The van der Waals surface area contributed by atoms with Gasteiger partial charge in [-0.05, 0) is 43.1 Å². The number of hydrogen-bond donors (Lipinski definition) is 2. The molecule has 22 heavy (non-hydrogen) atoms. The van der Waals surface area contributed by atoms with Crippen molar-refractivity contribution in [3.05, 3.63) is 29.3 Å². The number of hydrogen-bond acceptors (Lipinski definition) is 3. The molecule has 6 heteroatoms. The van der Waals surface area contributed by atoms with E-state index in [1.54, 1.807) is 6.07 Å². The lowest BCUT2D eigenvalue weighted by molar-refractivity contribution is 0.0943. The van der Waals surface area contributed by atoms with Crippen molar-refractivity contribution in [2.75, 3.05) is 0 Å². The Hall–Kier alpha value is -1.82. The Bertz CT molecular complexity index is 564. The molecule has 0 aromatic heterocycles. The van der Waals surface area contributed by atoms with Gasteiger partial charge in [0.15, 0.2) is 5.78 Å². The zero-order chi connectivity index (χ0) is 17.1. The van der Waals surface area contributed by atoms with E-state index in [4.69, 9.17) is 9.53 Å². The van der Waals surface area contributed by atoms with Crippen molar-refractivity contribution < 1.29 is 19.1 Å². The summed E-state index contributed by atoms with van der Waals surface area (Å²) < 4.78 is 5.86. The summed E-state index contributed by atoms with van der Waals surface area (Å²) in [5.41, 5.74) is 1.43. The molecule has 0 aliphatic carbocycles. The zero-order valence-electron chi connectivity index (χ0n) is 14.0. The van der Waals surface area contributed by atoms with Gasteiger partial charge in [0.05, 0.1) is 11.6 Å². The minimum absolute atomic E-state index is 0.0565. The topological polar surface area (TPSA) is 75.6 Å². The summed E-state index contributed by atoms with van der Waals surface area (Å²) in [4.78, 5) is 23.2. The van der Waals surface area contributed by atoms with Gasteiger partial charge in [-0.3, -0.25) is 4.79 Å². The minimum atomic E-state index is -1.22. The van der Waals surface area contributed by atoms with Gasteiger partial charge in [0.1, 0.15) is 5.75 Å². The van der Waals surface area contributed by atoms with E-state index in [9.17, 15) is 9.59 Å². The highest BCUT2D eigenvalue weighted by atomic mass is 28.3. The van der Waals surface area contributed by atoms with E-state index in [2.05, 4.69) is 26.1 Å². The van der Waals surface area contributed by atoms with E-state index in [1.807, 2.05) is 25.2 Å². The summed E-state index contributed by atoms with van der Waals surface area (Å²) >= 11 is 0. The maximum atomic E-state index is 12.4. The third-order valence-electron chi connectivity index (χ3n) is 3.16. The lowest BCUT2D eigenvalue weighted by atomic mass is 9.86. The smallest absolute Gasteiger partial charge is 0.405 e. The van der Waals surface area contributed by atoms with Crippen LogP contribution in [0.3, 0.4) is 0 Å². The first-order valence-corrected chi connectivity index (χ1v) is 9.59. The molecule has 121 valence electrons. The normalized spacial score (nSPS) is 12.9. The van der Waals surface area contributed by atoms with Crippen LogP contribution in [0.1, 0.15) is 43.6 Å². The standard InChI is InChI=1S/C16H24NO4Si/c1-10(17-15(19)20)14(18)12-8-7-11(16(2,3)4)9-13(12)21-22(5)6/h7-10,17H,1-6H3,(H,19,20)/t10-/m0/s1. The summed E-state index contributed by atoms with van der Waals surface area (Å²) in [5, 5.41) is 10.9. The molecule has 1 aromatic carbocycles. The summed E-state index contributed by atoms with van der Waals surface area (Å²) in [6.07, 6.45) is -1.22. The minimum Gasteiger partial charge on any atom is -0.542 e. The SMILES string of the molecule is C[C@H](NC(=O)O)C(=O)c1ccc(C(C)(C)C)cc1O[Si](C)C. The first-order valence-electron chi connectivity index (χ1n) is 7.18. The van der Waals surface area contributed by atoms with Gasteiger partial charge < -0.3 is 14.8 Å². The van der Waals surface area contributed by atoms with Crippen LogP contribution in [0.15, 0.2) is 18.2 Å². The molecule has 0 fully saturated rings. The van der Waals surface area contributed by atoms with Crippen LogP contribution in [-0.2, 0) is 5.41 Å². The van der Waals surface area contributed by atoms with Crippen LogP contribution in [0, 0.1) is 0 Å². The Morgan fingerprint density at radius 2 is 1.86 bits per heavy atom. The average molecular weight is 322 g/mol. The zero-order valence-corrected chi connectivity index (χ0v) is 15.0. The molecule has 2 N–H and O–H groups in total. The number of Topliss-reactive ketones (excluding diaryl/α,β-unsaturated/α-hetero) is 1. The fourth-order valence-corrected chi connectivity index (χ4v) is 2.59. The van der Waals surface area contributed by atoms with E-state index in [0.717, 1.165) is 5.56 Å². The van der Waals surface area contributed by atoms with Crippen molar-refractivity contribution in [3.63, 3.8) is 0 Å². The molecule has 5 nitrogen and oxygen atoms in total. The molecule has 1 rings (SSSR count). The molecule has 1 amide bonds. The number of ketones is 1. The first-order chi connectivity index (χ1) is 10.0. The predicted molar refractivity (Wildman–Crippen MR) is 88.2 cm³/mol. The average Bonchev–Trinajstić information content (AvgIpc) is 2.35. The highest BCUT2D eigenvalue weighted by Crippen LogP contribution is 2.29. The fraction of sp³-hybridized carbons (Fsp3) is 0.500. The third-order valence-corrected chi connectivity index (χ3v) is 3.79. The molecule has 0 unspecified atom stereocenters. The lowest BCUT2D eigenvalue weighted by Crippen LogP contribution is -2.37. The highest BCUT2D eigenvalue weighted by molar-refractivity contribution is 6.49. The number of nitrogens with one attached hydrogen (secondary N) is 1. The number of benzene rings is 1. The summed E-state index contributed by atoms with van der Waals surface area (Å²) in [7, 11) is -1.04. The largest absolute Gasteiger partial charge is 0.542 e. The predicted octanol–water partition coefficient (Wildman–Crippen LogP) is 3.45. The molecule has 0 spiro atoms. The molecule has 1 aromatic rings. The molecule has 0 aliphatic rings. The molecule has 1 radical (unpaired) electrons. The summed E-state index contributed by atoms with van der Waals surface area (Å²) in [5.74, 6) is 0.247. The van der Waals surface area contributed by atoms with Crippen molar-refractivity contribution in [1.29, 1.82) is 0 Å². The van der Waals surface area contributed by atoms with Crippen LogP contribution in [0.4, 0.5) is 4.79 Å². The van der Waals surface area contributed by atoms with Crippen molar-refractivity contribution in [2.45, 2.75) is 52.2 Å². The van der Waals surface area contributed by atoms with Crippen molar-refractivity contribution in [2.24, 2.45) is 0 Å². The van der Waals surface area contributed by atoms with Crippen LogP contribution in [0.5, 0.6) is 5.75 Å². The van der Waals surface area contributed by atoms with Gasteiger partial charge in [-0.2, -0.15) is 0 Å². The number of carbonyl (C=O) groups is 2. The van der Waals surface area contributed by atoms with E-state index >= 15 is 0 Å². The monoisotopic (exact) mass is 322 g/mol. The van der Waals surface area contributed by atoms with Crippen LogP contribution < -0.4 is 9.74 Å². The highest BCUT2D eigenvalue weighted by Gasteiger charge is 2.23. The van der Waals surface area contributed by atoms with E-state index in [1.165, 1.54) is 6.92 Å². The second kappa shape index (κ2) is 6.96. The fourth-order valence-electron chi connectivity index (χ4n) is 1.98. The van der Waals surface area contributed by atoms with Gasteiger partial charge in [0, 0.05) is 0 Å². The first kappa shape index (κ1) is 18.2. The maximum absolute atomic E-state index is 12.4. The number of rotatable bonds is 5. The molecular weight excluding hydrogens is 298 g/mol. The summed E-state index contributed by atoms with van der Waals surface area (Å²) in [6, 6.07) is 4.69. The summed E-state index contributed by atoms with van der Waals surface area (Å²) in [6.45, 7) is 11.8. The van der Waals surface area contributed by atoms with E-state index in [-0.39, 0.29) is 11.2 Å². The Balaban J connectivity index is 3.22. The van der Waals surface area contributed by atoms with Gasteiger partial charge in [-0.15, -0.1) is 0 Å². The van der Waals surface area contributed by atoms with E-state index < -0.39 is 21.2 Å². The molecule has 1 atom stereocenters. The van der Waals surface area contributed by atoms with Crippen LogP contribution in [-0.4, -0.2) is 32.1 Å². The second-order valence-corrected chi connectivity index (χ2v) is 8.53. The molecule has 0 saturated carbocycles. The van der Waals surface area contributed by atoms with Crippen LogP contribution >= 0.6 is 0 Å². The quantitative estimate of drug-likeness (QED) is 0.643. The Labute approximate surface area is 133 Å². The number of amides is 1. The van der Waals surface area contributed by atoms with Crippen molar-refractivity contribution in [3.8, 4) is 5.75 Å². The Morgan fingerprint density at radius 1 is 1.27 bits per heavy atom. The van der Waals surface area contributed by atoms with Crippen molar-refractivity contribution >= 4 is 20.9 Å². The third kappa shape index (κ3) is 4.87. The molecular formula is C16H24NO4Si. The number of carbonyl (C=O) groups excluding carboxylic acids is 1. The van der Waals surface area contributed by atoms with Crippen molar-refractivity contribution in [1.82, 2.24) is 5.32 Å². The maximum Gasteiger partial charge on any atom is 0.405 e. The Morgan fingerprint density at radius 3 is 2.32 bits per heavy atom. The number of carboxylic acid groups (broad SMARTS) is 1. The second-order valence-electron chi connectivity index (χ2n) is 6.51. The van der Waals surface area contributed by atoms with Gasteiger partial charge in [-0.1, -0.05) is 26.8 Å². The van der Waals surface area contributed by atoms with Gasteiger partial charge in [0.2, 0.25) is 0 Å². The van der Waals surface area contributed by atoms with Gasteiger partial charge >= 0.3 is 6.09 Å². The molecule has 0 heterocycles. The van der Waals surface area contributed by atoms with Crippen LogP contribution in [0.25, 0.3) is 0 Å². The van der Waals surface area contributed by atoms with E-state index in [0.29, 0.717) is 11.3 Å². The van der Waals surface area contributed by atoms with Gasteiger partial charge in [0.25, 0.3) is 9.04 Å². The Kier molecular flexibility index (Phi) is 5.76. The molecule has 0 bridgehead atoms. The van der Waals surface area contributed by atoms with Crippen LogP contribution in [0.2, 0.25) is 13.1 Å². The molecule has 0 aliphatic heterocycles. The molecule has 0 saturated heterocycles.